The second kappa shape index (κ2) is 10.4. The van der Waals surface area contributed by atoms with E-state index in [1.807, 2.05) is 38.2 Å². The summed E-state index contributed by atoms with van der Waals surface area (Å²) in [6.07, 6.45) is 2.68. The molecule has 0 saturated carbocycles. The second-order valence-electron chi connectivity index (χ2n) is 6.23. The fourth-order valence-electron chi connectivity index (χ4n) is 2.95. The van der Waals surface area contributed by atoms with Crippen molar-refractivity contribution in [3.8, 4) is 11.5 Å². The Morgan fingerprint density at radius 2 is 1.89 bits per heavy atom. The first-order valence-corrected chi connectivity index (χ1v) is 9.23. The van der Waals surface area contributed by atoms with Crippen LogP contribution in [0.2, 0.25) is 0 Å². The number of aromatic nitrogens is 1. The predicted octanol–water partition coefficient (Wildman–Crippen LogP) is 3.01. The summed E-state index contributed by atoms with van der Waals surface area (Å²) < 4.78 is 10.9. The highest BCUT2D eigenvalue weighted by Gasteiger charge is 2.09. The molecule has 1 heterocycles. The third-order valence-corrected chi connectivity index (χ3v) is 4.36. The number of guanidine groups is 1. The molecule has 0 aliphatic rings. The van der Waals surface area contributed by atoms with Crippen molar-refractivity contribution >= 4 is 5.96 Å². The molecule has 0 aliphatic carbocycles. The summed E-state index contributed by atoms with van der Waals surface area (Å²) in [7, 11) is 3.38. The van der Waals surface area contributed by atoms with Gasteiger partial charge < -0.3 is 20.1 Å². The van der Waals surface area contributed by atoms with Gasteiger partial charge in [0.05, 0.1) is 26.5 Å². The third kappa shape index (κ3) is 5.61. The van der Waals surface area contributed by atoms with Gasteiger partial charge in [0.15, 0.2) is 5.96 Å². The molecule has 0 fully saturated rings. The maximum atomic E-state index is 5.47. The van der Waals surface area contributed by atoms with Crippen LogP contribution in [0.1, 0.15) is 29.3 Å². The number of aryl methyl sites for hydroxylation is 1. The van der Waals surface area contributed by atoms with Crippen molar-refractivity contribution in [2.75, 3.05) is 27.3 Å². The number of benzene rings is 1. The van der Waals surface area contributed by atoms with Gasteiger partial charge in [0.2, 0.25) is 0 Å². The van der Waals surface area contributed by atoms with Crippen molar-refractivity contribution < 1.29 is 9.47 Å². The summed E-state index contributed by atoms with van der Waals surface area (Å²) in [6.45, 7) is 8.11. The first-order chi connectivity index (χ1) is 13.1. The van der Waals surface area contributed by atoms with Crippen LogP contribution in [0.5, 0.6) is 11.5 Å². The van der Waals surface area contributed by atoms with Crippen LogP contribution in [-0.4, -0.2) is 38.3 Å². The van der Waals surface area contributed by atoms with Gasteiger partial charge >= 0.3 is 0 Å². The standard InChI is InChI=1S/C21H30N4O2/c1-6-22-21(23-12-11-17-9-7-8-10-19(17)26-4)25-14-18-16(3)20(27-5)15(2)13-24-18/h7-10,13H,6,11-12,14H2,1-5H3,(H2,22,23,25). The summed E-state index contributed by atoms with van der Waals surface area (Å²) in [5.41, 5.74) is 4.15. The molecule has 27 heavy (non-hydrogen) atoms. The zero-order valence-corrected chi connectivity index (χ0v) is 16.9. The SMILES string of the molecule is CCNC(=NCc1ncc(C)c(OC)c1C)NCCc1ccccc1OC. The fourth-order valence-corrected chi connectivity index (χ4v) is 2.95. The second-order valence-corrected chi connectivity index (χ2v) is 6.23. The van der Waals surface area contributed by atoms with Crippen LogP contribution in [0.4, 0.5) is 0 Å². The minimum atomic E-state index is 0.493. The Morgan fingerprint density at radius 3 is 2.59 bits per heavy atom. The molecule has 0 atom stereocenters. The van der Waals surface area contributed by atoms with E-state index in [0.717, 1.165) is 53.8 Å². The Kier molecular flexibility index (Phi) is 7.92. The van der Waals surface area contributed by atoms with Crippen molar-refractivity contribution in [1.29, 1.82) is 0 Å². The normalized spacial score (nSPS) is 11.2. The Bertz CT molecular complexity index is 775. The molecule has 6 nitrogen and oxygen atoms in total. The van der Waals surface area contributed by atoms with E-state index >= 15 is 0 Å². The number of para-hydroxylation sites is 1. The highest BCUT2D eigenvalue weighted by Crippen LogP contribution is 2.24. The van der Waals surface area contributed by atoms with Crippen molar-refractivity contribution in [3.05, 3.63) is 52.8 Å². The van der Waals surface area contributed by atoms with E-state index in [4.69, 9.17) is 9.47 Å². The third-order valence-electron chi connectivity index (χ3n) is 4.36. The maximum Gasteiger partial charge on any atom is 0.191 e. The molecule has 2 aromatic rings. The number of rotatable bonds is 8. The molecule has 2 N–H and O–H groups in total. The highest BCUT2D eigenvalue weighted by atomic mass is 16.5. The van der Waals surface area contributed by atoms with Crippen LogP contribution in [0.25, 0.3) is 0 Å². The molecule has 0 radical (unpaired) electrons. The highest BCUT2D eigenvalue weighted by molar-refractivity contribution is 5.79. The van der Waals surface area contributed by atoms with Crippen molar-refractivity contribution in [1.82, 2.24) is 15.6 Å². The maximum absolute atomic E-state index is 5.47. The molecule has 6 heteroatoms. The van der Waals surface area contributed by atoms with Gasteiger partial charge in [-0.15, -0.1) is 0 Å². The Labute approximate surface area is 162 Å². The average molecular weight is 370 g/mol. The Morgan fingerprint density at radius 1 is 1.11 bits per heavy atom. The molecule has 1 aromatic carbocycles. The van der Waals surface area contributed by atoms with E-state index in [9.17, 15) is 0 Å². The fraction of sp³-hybridized carbons (Fsp3) is 0.429. The molecule has 0 unspecified atom stereocenters. The lowest BCUT2D eigenvalue weighted by atomic mass is 10.1. The van der Waals surface area contributed by atoms with Crippen molar-refractivity contribution in [2.45, 2.75) is 33.7 Å². The largest absolute Gasteiger partial charge is 0.496 e. The van der Waals surface area contributed by atoms with Gasteiger partial charge in [0.25, 0.3) is 0 Å². The van der Waals surface area contributed by atoms with Crippen LogP contribution in [-0.2, 0) is 13.0 Å². The zero-order chi connectivity index (χ0) is 19.6. The average Bonchev–Trinajstić information content (AvgIpc) is 2.68. The number of ether oxygens (including phenoxy) is 2. The number of methoxy groups -OCH3 is 2. The van der Waals surface area contributed by atoms with Crippen LogP contribution in [0, 0.1) is 13.8 Å². The molecule has 0 spiro atoms. The van der Waals surface area contributed by atoms with Crippen molar-refractivity contribution in [2.24, 2.45) is 4.99 Å². The van der Waals surface area contributed by atoms with Gasteiger partial charge in [-0.1, -0.05) is 18.2 Å². The first kappa shape index (κ1) is 20.6. The van der Waals surface area contributed by atoms with Crippen molar-refractivity contribution in [3.63, 3.8) is 0 Å². The minimum Gasteiger partial charge on any atom is -0.496 e. The lowest BCUT2D eigenvalue weighted by Crippen LogP contribution is -2.38. The summed E-state index contributed by atoms with van der Waals surface area (Å²) >= 11 is 0. The summed E-state index contributed by atoms with van der Waals surface area (Å²) in [4.78, 5) is 9.18. The Balaban J connectivity index is 2.02. The van der Waals surface area contributed by atoms with Gasteiger partial charge in [-0.25, -0.2) is 4.99 Å². The topological polar surface area (TPSA) is 67.8 Å². The molecule has 146 valence electrons. The van der Waals surface area contributed by atoms with Gasteiger partial charge in [-0.3, -0.25) is 4.98 Å². The Hall–Kier alpha value is -2.76. The summed E-state index contributed by atoms with van der Waals surface area (Å²) in [5, 5.41) is 6.65. The molecule has 1 aromatic heterocycles. The van der Waals surface area contributed by atoms with E-state index in [-0.39, 0.29) is 0 Å². The van der Waals surface area contributed by atoms with Gasteiger partial charge in [-0.05, 0) is 38.8 Å². The lowest BCUT2D eigenvalue weighted by molar-refractivity contribution is 0.407. The number of hydrogen-bond acceptors (Lipinski definition) is 4. The molecular formula is C21H30N4O2. The number of aliphatic imine (C=N–C) groups is 1. The summed E-state index contributed by atoms with van der Waals surface area (Å²) in [6, 6.07) is 8.06. The van der Waals surface area contributed by atoms with E-state index < -0.39 is 0 Å². The van der Waals surface area contributed by atoms with Crippen LogP contribution in [0.3, 0.4) is 0 Å². The van der Waals surface area contributed by atoms with Crippen LogP contribution >= 0.6 is 0 Å². The van der Waals surface area contributed by atoms with E-state index in [1.165, 1.54) is 5.56 Å². The molecule has 2 rings (SSSR count). The molecular weight excluding hydrogens is 340 g/mol. The van der Waals surface area contributed by atoms with E-state index in [1.54, 1.807) is 14.2 Å². The number of pyridine rings is 1. The number of nitrogens with zero attached hydrogens (tertiary/aromatic N) is 2. The van der Waals surface area contributed by atoms with E-state index in [0.29, 0.717) is 6.54 Å². The summed E-state index contributed by atoms with van der Waals surface area (Å²) in [5.74, 6) is 2.56. The number of nitrogens with one attached hydrogen (secondary N) is 2. The lowest BCUT2D eigenvalue weighted by Gasteiger charge is -2.14. The smallest absolute Gasteiger partial charge is 0.191 e. The molecule has 0 aliphatic heterocycles. The molecule has 0 saturated heterocycles. The quantitative estimate of drug-likeness (QED) is 0.552. The minimum absolute atomic E-state index is 0.493. The van der Waals surface area contributed by atoms with Crippen LogP contribution in [0.15, 0.2) is 35.5 Å². The van der Waals surface area contributed by atoms with Crippen LogP contribution < -0.4 is 20.1 Å². The molecule has 0 bridgehead atoms. The predicted molar refractivity (Wildman–Crippen MR) is 110 cm³/mol. The first-order valence-electron chi connectivity index (χ1n) is 9.23. The van der Waals surface area contributed by atoms with Gasteiger partial charge in [0, 0.05) is 30.4 Å². The van der Waals surface area contributed by atoms with Gasteiger partial charge in [-0.2, -0.15) is 0 Å². The monoisotopic (exact) mass is 370 g/mol. The van der Waals surface area contributed by atoms with Gasteiger partial charge in [0.1, 0.15) is 11.5 Å². The van der Waals surface area contributed by atoms with E-state index in [2.05, 4.69) is 33.6 Å². The zero-order valence-electron chi connectivity index (χ0n) is 16.9. The number of hydrogen-bond donors (Lipinski definition) is 2. The molecule has 0 amide bonds.